The van der Waals surface area contributed by atoms with Crippen molar-refractivity contribution in [2.75, 3.05) is 11.9 Å². The van der Waals surface area contributed by atoms with Gasteiger partial charge in [-0.1, -0.05) is 40.9 Å². The minimum atomic E-state index is 0.486. The van der Waals surface area contributed by atoms with E-state index in [1.165, 1.54) is 12.8 Å². The third kappa shape index (κ3) is 5.35. The summed E-state index contributed by atoms with van der Waals surface area (Å²) in [6.07, 6.45) is 7.39. The zero-order valence-electron chi connectivity index (χ0n) is 16.1. The highest BCUT2D eigenvalue weighted by Crippen LogP contribution is 2.28. The van der Waals surface area contributed by atoms with Crippen LogP contribution in [0.4, 0.5) is 5.69 Å². The van der Waals surface area contributed by atoms with Gasteiger partial charge in [-0.05, 0) is 80.6 Å². The molecule has 152 valence electrons. The van der Waals surface area contributed by atoms with Crippen LogP contribution in [0.25, 0.3) is 10.9 Å². The number of anilines is 1. The van der Waals surface area contributed by atoms with Crippen LogP contribution >= 0.6 is 34.8 Å². The molecule has 6 heteroatoms. The van der Waals surface area contributed by atoms with E-state index in [0.29, 0.717) is 22.1 Å². The van der Waals surface area contributed by atoms with Gasteiger partial charge in [-0.25, -0.2) is 0 Å². The first-order chi connectivity index (χ1) is 14.1. The first-order valence-electron chi connectivity index (χ1n) is 10.1. The number of benzene rings is 2. The van der Waals surface area contributed by atoms with Gasteiger partial charge in [0.2, 0.25) is 0 Å². The average Bonchev–Trinajstić information content (AvgIpc) is 2.71. The minimum absolute atomic E-state index is 0.486. The van der Waals surface area contributed by atoms with Crippen LogP contribution in [-0.4, -0.2) is 23.6 Å². The molecule has 0 radical (unpaired) electrons. The SMILES string of the molecule is Clc1ccc(CCNC2CCC(Nc3ccnc4cc(Cl)ccc34)CC2)c(Cl)c1. The fourth-order valence-electron chi connectivity index (χ4n) is 4.04. The maximum Gasteiger partial charge on any atom is 0.0737 e. The first-order valence-corrected chi connectivity index (χ1v) is 11.2. The van der Waals surface area contributed by atoms with Crippen molar-refractivity contribution in [2.24, 2.45) is 0 Å². The normalized spacial score (nSPS) is 19.4. The maximum atomic E-state index is 6.27. The summed E-state index contributed by atoms with van der Waals surface area (Å²) in [7, 11) is 0. The molecular formula is C23H24Cl3N3. The van der Waals surface area contributed by atoms with Crippen LogP contribution in [0.15, 0.2) is 48.7 Å². The Kier molecular flexibility index (Phi) is 6.81. The molecule has 1 fully saturated rings. The summed E-state index contributed by atoms with van der Waals surface area (Å²) in [5, 5.41) is 10.7. The number of pyridine rings is 1. The summed E-state index contributed by atoms with van der Waals surface area (Å²) in [6.45, 7) is 0.930. The predicted octanol–water partition coefficient (Wildman–Crippen LogP) is 6.75. The molecule has 3 nitrogen and oxygen atoms in total. The van der Waals surface area contributed by atoms with Crippen LogP contribution in [0, 0.1) is 0 Å². The number of fused-ring (bicyclic) bond motifs is 1. The molecule has 4 rings (SSSR count). The van der Waals surface area contributed by atoms with E-state index in [1.807, 2.05) is 42.6 Å². The molecule has 1 aromatic heterocycles. The number of aromatic nitrogens is 1. The number of hydrogen-bond acceptors (Lipinski definition) is 3. The van der Waals surface area contributed by atoms with E-state index in [2.05, 4.69) is 21.7 Å². The minimum Gasteiger partial charge on any atom is -0.382 e. The largest absolute Gasteiger partial charge is 0.382 e. The zero-order valence-corrected chi connectivity index (χ0v) is 18.4. The molecule has 1 aliphatic rings. The molecule has 0 bridgehead atoms. The Morgan fingerprint density at radius 2 is 1.59 bits per heavy atom. The summed E-state index contributed by atoms with van der Waals surface area (Å²) < 4.78 is 0. The molecule has 3 aromatic rings. The van der Waals surface area contributed by atoms with Crippen LogP contribution in [0.1, 0.15) is 31.2 Å². The lowest BCUT2D eigenvalue weighted by atomic mass is 9.90. The van der Waals surface area contributed by atoms with Crippen molar-refractivity contribution in [3.05, 3.63) is 69.3 Å². The quantitative estimate of drug-likeness (QED) is 0.438. The molecule has 1 aliphatic carbocycles. The fraction of sp³-hybridized carbons (Fsp3) is 0.348. The first kappa shape index (κ1) is 20.7. The van der Waals surface area contributed by atoms with Crippen molar-refractivity contribution in [3.8, 4) is 0 Å². The van der Waals surface area contributed by atoms with Crippen molar-refractivity contribution in [2.45, 2.75) is 44.2 Å². The van der Waals surface area contributed by atoms with E-state index in [-0.39, 0.29) is 0 Å². The predicted molar refractivity (Wildman–Crippen MR) is 125 cm³/mol. The highest BCUT2D eigenvalue weighted by molar-refractivity contribution is 6.35. The second-order valence-electron chi connectivity index (χ2n) is 7.65. The molecule has 0 spiro atoms. The topological polar surface area (TPSA) is 37.0 Å². The van der Waals surface area contributed by atoms with E-state index in [1.54, 1.807) is 0 Å². The second-order valence-corrected chi connectivity index (χ2v) is 8.93. The summed E-state index contributed by atoms with van der Waals surface area (Å²) in [5.41, 5.74) is 3.21. The molecule has 2 aromatic carbocycles. The van der Waals surface area contributed by atoms with Gasteiger partial charge in [0, 0.05) is 44.4 Å². The summed E-state index contributed by atoms with van der Waals surface area (Å²) >= 11 is 18.3. The lowest BCUT2D eigenvalue weighted by Crippen LogP contribution is -2.37. The van der Waals surface area contributed by atoms with E-state index in [4.69, 9.17) is 34.8 Å². The van der Waals surface area contributed by atoms with Crippen molar-refractivity contribution in [1.82, 2.24) is 10.3 Å². The molecule has 29 heavy (non-hydrogen) atoms. The van der Waals surface area contributed by atoms with Crippen LogP contribution < -0.4 is 10.6 Å². The van der Waals surface area contributed by atoms with Crippen molar-refractivity contribution >= 4 is 51.4 Å². The molecular weight excluding hydrogens is 425 g/mol. The molecule has 0 saturated heterocycles. The Balaban J connectivity index is 1.27. The van der Waals surface area contributed by atoms with Crippen LogP contribution in [0.5, 0.6) is 0 Å². The summed E-state index contributed by atoms with van der Waals surface area (Å²) in [5.74, 6) is 0. The molecule has 1 saturated carbocycles. The fourth-order valence-corrected chi connectivity index (χ4v) is 4.71. The van der Waals surface area contributed by atoms with Gasteiger partial charge in [-0.2, -0.15) is 0 Å². The van der Waals surface area contributed by atoms with Gasteiger partial charge in [0.05, 0.1) is 5.52 Å². The Hall–Kier alpha value is -1.52. The lowest BCUT2D eigenvalue weighted by molar-refractivity contribution is 0.356. The number of nitrogens with one attached hydrogen (secondary N) is 2. The number of hydrogen-bond donors (Lipinski definition) is 2. The lowest BCUT2D eigenvalue weighted by Gasteiger charge is -2.30. The van der Waals surface area contributed by atoms with E-state index < -0.39 is 0 Å². The monoisotopic (exact) mass is 447 g/mol. The van der Waals surface area contributed by atoms with Gasteiger partial charge in [0.1, 0.15) is 0 Å². The standard InChI is InChI=1S/C23H24Cl3N3/c24-16-2-1-15(21(26)13-16)9-11-27-18-4-6-19(7-5-18)29-22-10-12-28-23-14-17(25)3-8-20(22)23/h1-3,8,10,12-14,18-19,27H,4-7,9,11H2,(H,28,29). The van der Waals surface area contributed by atoms with Crippen molar-refractivity contribution in [1.29, 1.82) is 0 Å². The molecule has 1 heterocycles. The van der Waals surface area contributed by atoms with Crippen LogP contribution in [-0.2, 0) is 6.42 Å². The van der Waals surface area contributed by atoms with Gasteiger partial charge in [-0.15, -0.1) is 0 Å². The second kappa shape index (κ2) is 9.53. The van der Waals surface area contributed by atoms with E-state index in [9.17, 15) is 0 Å². The van der Waals surface area contributed by atoms with Gasteiger partial charge < -0.3 is 10.6 Å². The van der Waals surface area contributed by atoms with E-state index in [0.717, 1.165) is 53.0 Å². The molecule has 0 atom stereocenters. The Bertz CT molecular complexity index is 984. The molecule has 0 aliphatic heterocycles. The molecule has 2 N–H and O–H groups in total. The highest BCUT2D eigenvalue weighted by atomic mass is 35.5. The summed E-state index contributed by atoms with van der Waals surface area (Å²) in [6, 6.07) is 14.7. The van der Waals surface area contributed by atoms with Gasteiger partial charge in [0.15, 0.2) is 0 Å². The smallest absolute Gasteiger partial charge is 0.0737 e. The number of nitrogens with zero attached hydrogens (tertiary/aromatic N) is 1. The van der Waals surface area contributed by atoms with Crippen molar-refractivity contribution < 1.29 is 0 Å². The Labute approximate surface area is 186 Å². The number of rotatable bonds is 6. The van der Waals surface area contributed by atoms with Crippen molar-refractivity contribution in [3.63, 3.8) is 0 Å². The summed E-state index contributed by atoms with van der Waals surface area (Å²) in [4.78, 5) is 4.43. The maximum absolute atomic E-state index is 6.27. The number of halogens is 3. The van der Waals surface area contributed by atoms with Crippen LogP contribution in [0.2, 0.25) is 15.1 Å². The van der Waals surface area contributed by atoms with Gasteiger partial charge >= 0.3 is 0 Å². The highest BCUT2D eigenvalue weighted by Gasteiger charge is 2.21. The molecule has 0 unspecified atom stereocenters. The third-order valence-electron chi connectivity index (χ3n) is 5.63. The molecule has 0 amide bonds. The Morgan fingerprint density at radius 3 is 2.38 bits per heavy atom. The Morgan fingerprint density at radius 1 is 0.862 bits per heavy atom. The van der Waals surface area contributed by atoms with Gasteiger partial charge in [0.25, 0.3) is 0 Å². The third-order valence-corrected chi connectivity index (χ3v) is 6.46. The average molecular weight is 449 g/mol. The van der Waals surface area contributed by atoms with E-state index >= 15 is 0 Å². The van der Waals surface area contributed by atoms with Crippen LogP contribution in [0.3, 0.4) is 0 Å². The zero-order chi connectivity index (χ0) is 20.2. The van der Waals surface area contributed by atoms with Gasteiger partial charge in [-0.3, -0.25) is 4.98 Å².